The summed E-state index contributed by atoms with van der Waals surface area (Å²) in [6.07, 6.45) is 1.21. The molecule has 0 rings (SSSR count). The van der Waals surface area contributed by atoms with E-state index in [9.17, 15) is 0 Å². The Labute approximate surface area is 82.1 Å². The van der Waals surface area contributed by atoms with Gasteiger partial charge >= 0.3 is 0 Å². The van der Waals surface area contributed by atoms with Crippen LogP contribution < -0.4 is 5.32 Å². The van der Waals surface area contributed by atoms with Crippen LogP contribution in [0.2, 0.25) is 0 Å². The third-order valence-electron chi connectivity index (χ3n) is 2.27. The van der Waals surface area contributed by atoms with Gasteiger partial charge in [0.25, 0.3) is 0 Å². The highest BCUT2D eigenvalue weighted by Crippen LogP contribution is 1.98. The molecule has 0 heterocycles. The SMILES string of the molecule is CCCN(CC)C(C)CNCCO. The molecule has 0 radical (unpaired) electrons. The number of nitrogens with zero attached hydrogens (tertiary/aromatic N) is 1. The average molecular weight is 188 g/mol. The van der Waals surface area contributed by atoms with Gasteiger partial charge in [0.05, 0.1) is 6.61 Å². The molecule has 13 heavy (non-hydrogen) atoms. The number of nitrogens with one attached hydrogen (secondary N) is 1. The molecule has 0 aliphatic heterocycles. The first-order valence-electron chi connectivity index (χ1n) is 5.31. The van der Waals surface area contributed by atoms with Gasteiger partial charge < -0.3 is 10.4 Å². The minimum absolute atomic E-state index is 0.229. The quantitative estimate of drug-likeness (QED) is 0.550. The number of aliphatic hydroxyl groups is 1. The molecule has 0 bridgehead atoms. The summed E-state index contributed by atoms with van der Waals surface area (Å²) in [5.41, 5.74) is 0. The maximum atomic E-state index is 8.60. The molecule has 0 saturated carbocycles. The summed E-state index contributed by atoms with van der Waals surface area (Å²) in [5, 5.41) is 11.8. The lowest BCUT2D eigenvalue weighted by molar-refractivity contribution is 0.209. The van der Waals surface area contributed by atoms with Crippen LogP contribution in [0.3, 0.4) is 0 Å². The van der Waals surface area contributed by atoms with Crippen molar-refractivity contribution in [2.45, 2.75) is 33.2 Å². The molecule has 0 saturated heterocycles. The van der Waals surface area contributed by atoms with Gasteiger partial charge in [-0.1, -0.05) is 13.8 Å². The van der Waals surface area contributed by atoms with E-state index in [1.807, 2.05) is 0 Å². The van der Waals surface area contributed by atoms with Crippen LogP contribution in [0.25, 0.3) is 0 Å². The molecule has 0 aromatic heterocycles. The van der Waals surface area contributed by atoms with Gasteiger partial charge in [-0.3, -0.25) is 4.90 Å². The smallest absolute Gasteiger partial charge is 0.0555 e. The van der Waals surface area contributed by atoms with Crippen LogP contribution in [0, 0.1) is 0 Å². The minimum atomic E-state index is 0.229. The lowest BCUT2D eigenvalue weighted by Gasteiger charge is -2.27. The number of rotatable bonds is 8. The number of hydrogen-bond acceptors (Lipinski definition) is 3. The Kier molecular flexibility index (Phi) is 8.40. The first kappa shape index (κ1) is 12.9. The zero-order valence-electron chi connectivity index (χ0n) is 9.21. The standard InChI is InChI=1S/C10H24N2O/c1-4-7-12(5-2)10(3)9-11-6-8-13/h10-11,13H,4-9H2,1-3H3. The van der Waals surface area contributed by atoms with Crippen LogP contribution in [0.4, 0.5) is 0 Å². The number of hydrogen-bond donors (Lipinski definition) is 2. The van der Waals surface area contributed by atoms with Crippen LogP contribution >= 0.6 is 0 Å². The molecule has 1 atom stereocenters. The highest BCUT2D eigenvalue weighted by molar-refractivity contribution is 4.67. The summed E-state index contributed by atoms with van der Waals surface area (Å²) in [6, 6.07) is 0.566. The topological polar surface area (TPSA) is 35.5 Å². The number of likely N-dealkylation sites (N-methyl/N-ethyl adjacent to an activating group) is 1. The molecular formula is C10H24N2O. The van der Waals surface area contributed by atoms with Crippen molar-refractivity contribution in [2.75, 3.05) is 32.8 Å². The Morgan fingerprint density at radius 1 is 1.38 bits per heavy atom. The maximum absolute atomic E-state index is 8.60. The second-order valence-electron chi connectivity index (χ2n) is 3.41. The normalized spacial score (nSPS) is 13.6. The van der Waals surface area contributed by atoms with Crippen molar-refractivity contribution in [1.29, 1.82) is 0 Å². The molecule has 2 N–H and O–H groups in total. The first-order chi connectivity index (χ1) is 6.26. The molecule has 0 aromatic carbocycles. The third kappa shape index (κ3) is 6.02. The van der Waals surface area contributed by atoms with Gasteiger partial charge in [-0.05, 0) is 26.4 Å². The van der Waals surface area contributed by atoms with E-state index in [0.29, 0.717) is 12.6 Å². The van der Waals surface area contributed by atoms with Gasteiger partial charge in [0, 0.05) is 19.1 Å². The average Bonchev–Trinajstić information content (AvgIpc) is 2.14. The van der Waals surface area contributed by atoms with E-state index in [4.69, 9.17) is 5.11 Å². The van der Waals surface area contributed by atoms with Gasteiger partial charge in [-0.25, -0.2) is 0 Å². The molecule has 80 valence electrons. The summed E-state index contributed by atoms with van der Waals surface area (Å²) in [4.78, 5) is 2.45. The van der Waals surface area contributed by atoms with Crippen molar-refractivity contribution in [3.05, 3.63) is 0 Å². The van der Waals surface area contributed by atoms with E-state index in [-0.39, 0.29) is 6.61 Å². The monoisotopic (exact) mass is 188 g/mol. The Bertz CT molecular complexity index is 109. The van der Waals surface area contributed by atoms with Gasteiger partial charge in [-0.15, -0.1) is 0 Å². The predicted molar refractivity (Wildman–Crippen MR) is 57.0 cm³/mol. The molecule has 0 aliphatic rings. The molecule has 0 aromatic rings. The van der Waals surface area contributed by atoms with Crippen LogP contribution in [-0.4, -0.2) is 48.8 Å². The Morgan fingerprint density at radius 2 is 2.08 bits per heavy atom. The molecule has 3 heteroatoms. The fourth-order valence-electron chi connectivity index (χ4n) is 1.50. The third-order valence-corrected chi connectivity index (χ3v) is 2.27. The molecular weight excluding hydrogens is 164 g/mol. The summed E-state index contributed by atoms with van der Waals surface area (Å²) in [5.74, 6) is 0. The van der Waals surface area contributed by atoms with Crippen LogP contribution in [0.1, 0.15) is 27.2 Å². The fourth-order valence-corrected chi connectivity index (χ4v) is 1.50. The second-order valence-corrected chi connectivity index (χ2v) is 3.41. The van der Waals surface area contributed by atoms with Crippen molar-refractivity contribution in [2.24, 2.45) is 0 Å². The lowest BCUT2D eigenvalue weighted by Crippen LogP contribution is -2.41. The van der Waals surface area contributed by atoms with E-state index in [1.54, 1.807) is 0 Å². The molecule has 0 aliphatic carbocycles. The van der Waals surface area contributed by atoms with E-state index >= 15 is 0 Å². The molecule has 0 spiro atoms. The van der Waals surface area contributed by atoms with Crippen LogP contribution in [0.15, 0.2) is 0 Å². The fraction of sp³-hybridized carbons (Fsp3) is 1.00. The first-order valence-corrected chi connectivity index (χ1v) is 5.31. The molecule has 3 nitrogen and oxygen atoms in total. The zero-order chi connectivity index (χ0) is 10.1. The second kappa shape index (κ2) is 8.48. The van der Waals surface area contributed by atoms with Crippen molar-refractivity contribution in [1.82, 2.24) is 10.2 Å². The Hall–Kier alpha value is -0.120. The van der Waals surface area contributed by atoms with E-state index < -0.39 is 0 Å². The predicted octanol–water partition coefficient (Wildman–Crippen LogP) is 0.689. The van der Waals surface area contributed by atoms with Crippen molar-refractivity contribution in [3.8, 4) is 0 Å². The van der Waals surface area contributed by atoms with Gasteiger partial charge in [-0.2, -0.15) is 0 Å². The largest absolute Gasteiger partial charge is 0.395 e. The van der Waals surface area contributed by atoms with Gasteiger partial charge in [0.1, 0.15) is 0 Å². The minimum Gasteiger partial charge on any atom is -0.395 e. The van der Waals surface area contributed by atoms with Crippen molar-refractivity contribution >= 4 is 0 Å². The highest BCUT2D eigenvalue weighted by Gasteiger charge is 2.09. The van der Waals surface area contributed by atoms with E-state index in [2.05, 4.69) is 31.0 Å². The zero-order valence-corrected chi connectivity index (χ0v) is 9.21. The number of aliphatic hydroxyl groups excluding tert-OH is 1. The van der Waals surface area contributed by atoms with Crippen LogP contribution in [-0.2, 0) is 0 Å². The van der Waals surface area contributed by atoms with Crippen LogP contribution in [0.5, 0.6) is 0 Å². The summed E-state index contributed by atoms with van der Waals surface area (Å²) >= 11 is 0. The van der Waals surface area contributed by atoms with Crippen molar-refractivity contribution < 1.29 is 5.11 Å². The summed E-state index contributed by atoms with van der Waals surface area (Å²) in [7, 11) is 0. The highest BCUT2D eigenvalue weighted by atomic mass is 16.3. The molecule has 1 unspecified atom stereocenters. The Morgan fingerprint density at radius 3 is 2.54 bits per heavy atom. The molecule has 0 amide bonds. The van der Waals surface area contributed by atoms with Gasteiger partial charge in [0.2, 0.25) is 0 Å². The van der Waals surface area contributed by atoms with Crippen molar-refractivity contribution in [3.63, 3.8) is 0 Å². The summed E-state index contributed by atoms with van der Waals surface area (Å²) in [6.45, 7) is 10.8. The molecule has 0 fully saturated rings. The van der Waals surface area contributed by atoms with Gasteiger partial charge in [0.15, 0.2) is 0 Å². The van der Waals surface area contributed by atoms with E-state index in [1.165, 1.54) is 13.0 Å². The lowest BCUT2D eigenvalue weighted by atomic mass is 10.2. The summed E-state index contributed by atoms with van der Waals surface area (Å²) < 4.78 is 0. The maximum Gasteiger partial charge on any atom is 0.0555 e. The Balaban J connectivity index is 3.57. The van der Waals surface area contributed by atoms with E-state index in [0.717, 1.165) is 13.1 Å².